The molecule has 162 valence electrons. The third kappa shape index (κ3) is 4.65. The Kier molecular flexibility index (Phi) is 6.12. The van der Waals surface area contributed by atoms with Gasteiger partial charge in [-0.25, -0.2) is 22.2 Å². The van der Waals surface area contributed by atoms with Crippen molar-refractivity contribution in [3.63, 3.8) is 0 Å². The topological polar surface area (TPSA) is 79.4 Å². The minimum absolute atomic E-state index is 0.0242. The Hall–Kier alpha value is -2.69. The number of piperidine rings is 1. The molecule has 0 spiro atoms. The van der Waals surface area contributed by atoms with Crippen molar-refractivity contribution in [2.75, 3.05) is 18.4 Å². The Labute approximate surface area is 182 Å². The second kappa shape index (κ2) is 8.81. The van der Waals surface area contributed by atoms with E-state index in [2.05, 4.69) is 10.3 Å². The maximum Gasteiger partial charge on any atom is 0.243 e. The number of nitrogens with zero attached hydrogens (tertiary/aromatic N) is 2. The van der Waals surface area contributed by atoms with Crippen LogP contribution in [0.1, 0.15) is 12.8 Å². The highest BCUT2D eigenvalue weighted by atomic mass is 32.2. The number of aromatic nitrogens is 1. The first-order valence-corrected chi connectivity index (χ1v) is 11.9. The van der Waals surface area contributed by atoms with Crippen LogP contribution in [0, 0.1) is 17.6 Å². The van der Waals surface area contributed by atoms with E-state index in [0.717, 1.165) is 29.5 Å². The molecule has 0 radical (unpaired) electrons. The fourth-order valence-corrected chi connectivity index (χ4v) is 5.66. The first-order chi connectivity index (χ1) is 14.8. The Morgan fingerprint density at radius 3 is 2.52 bits per heavy atom. The van der Waals surface area contributed by atoms with E-state index >= 15 is 0 Å². The maximum atomic E-state index is 13.9. The van der Waals surface area contributed by atoms with Crippen LogP contribution in [0.2, 0.25) is 0 Å². The molecular formula is C21H19F2N3O3S2. The maximum absolute atomic E-state index is 13.9. The van der Waals surface area contributed by atoms with Gasteiger partial charge in [0, 0.05) is 30.0 Å². The van der Waals surface area contributed by atoms with Gasteiger partial charge in [-0.3, -0.25) is 4.79 Å². The lowest BCUT2D eigenvalue weighted by molar-refractivity contribution is -0.120. The van der Waals surface area contributed by atoms with E-state index < -0.39 is 21.7 Å². The minimum Gasteiger partial charge on any atom is -0.302 e. The van der Waals surface area contributed by atoms with Gasteiger partial charge in [0.05, 0.1) is 10.6 Å². The zero-order chi connectivity index (χ0) is 22.0. The monoisotopic (exact) mass is 463 g/mol. The van der Waals surface area contributed by atoms with Gasteiger partial charge < -0.3 is 5.32 Å². The summed E-state index contributed by atoms with van der Waals surface area (Å²) in [5.41, 5.74) is 0.261. The van der Waals surface area contributed by atoms with E-state index in [1.807, 2.05) is 0 Å². The second-order valence-electron chi connectivity index (χ2n) is 7.14. The van der Waals surface area contributed by atoms with Crippen molar-refractivity contribution < 1.29 is 22.0 Å². The van der Waals surface area contributed by atoms with Crippen LogP contribution in [-0.2, 0) is 14.8 Å². The van der Waals surface area contributed by atoms with E-state index in [4.69, 9.17) is 0 Å². The highest BCUT2D eigenvalue weighted by molar-refractivity contribution is 7.89. The van der Waals surface area contributed by atoms with Crippen LogP contribution in [-0.4, -0.2) is 36.7 Å². The number of halogens is 2. The predicted molar refractivity (Wildman–Crippen MR) is 114 cm³/mol. The van der Waals surface area contributed by atoms with Crippen molar-refractivity contribution >= 4 is 32.4 Å². The fourth-order valence-electron chi connectivity index (χ4n) is 3.46. The fraction of sp³-hybridized carbons (Fsp3) is 0.238. The molecule has 0 aliphatic carbocycles. The molecule has 3 aromatic rings. The number of benzene rings is 2. The SMILES string of the molecule is O=C(Nc1nc(-c2cc(F)ccc2F)cs1)C1CCN(S(=O)(=O)c2ccccc2)CC1. The molecule has 31 heavy (non-hydrogen) atoms. The Bertz CT molecular complexity index is 1190. The Morgan fingerprint density at radius 2 is 1.81 bits per heavy atom. The van der Waals surface area contributed by atoms with Gasteiger partial charge in [0.1, 0.15) is 11.6 Å². The van der Waals surface area contributed by atoms with Gasteiger partial charge in [0.2, 0.25) is 15.9 Å². The van der Waals surface area contributed by atoms with Crippen LogP contribution < -0.4 is 5.32 Å². The highest BCUT2D eigenvalue weighted by Gasteiger charge is 2.32. The summed E-state index contributed by atoms with van der Waals surface area (Å²) < 4.78 is 54.1. The number of anilines is 1. The Morgan fingerprint density at radius 1 is 1.10 bits per heavy atom. The van der Waals surface area contributed by atoms with Crippen LogP contribution >= 0.6 is 11.3 Å². The molecule has 1 amide bonds. The van der Waals surface area contributed by atoms with Gasteiger partial charge in [-0.1, -0.05) is 18.2 Å². The van der Waals surface area contributed by atoms with Gasteiger partial charge in [0.25, 0.3) is 0 Å². The molecule has 1 aliphatic heterocycles. The van der Waals surface area contributed by atoms with Crippen molar-refractivity contribution in [1.82, 2.24) is 9.29 Å². The molecule has 1 saturated heterocycles. The van der Waals surface area contributed by atoms with Crippen molar-refractivity contribution in [3.8, 4) is 11.3 Å². The molecule has 0 saturated carbocycles. The summed E-state index contributed by atoms with van der Waals surface area (Å²) in [5.74, 6) is -1.80. The molecule has 4 rings (SSSR count). The summed E-state index contributed by atoms with van der Waals surface area (Å²) in [6, 6.07) is 11.3. The lowest BCUT2D eigenvalue weighted by Gasteiger charge is -2.30. The first kappa shape index (κ1) is 21.5. The Balaban J connectivity index is 1.38. The van der Waals surface area contributed by atoms with Gasteiger partial charge in [-0.05, 0) is 43.2 Å². The normalized spacial score (nSPS) is 15.7. The van der Waals surface area contributed by atoms with Crippen LogP contribution in [0.25, 0.3) is 11.3 Å². The van der Waals surface area contributed by atoms with E-state index in [9.17, 15) is 22.0 Å². The number of hydrogen-bond acceptors (Lipinski definition) is 5. The summed E-state index contributed by atoms with van der Waals surface area (Å²) in [7, 11) is -3.58. The second-order valence-corrected chi connectivity index (χ2v) is 9.94. The number of carbonyl (C=O) groups is 1. The molecular weight excluding hydrogens is 444 g/mol. The number of nitrogens with one attached hydrogen (secondary N) is 1. The molecule has 1 fully saturated rings. The predicted octanol–water partition coefficient (Wildman–Crippen LogP) is 4.13. The van der Waals surface area contributed by atoms with Gasteiger partial charge in [-0.2, -0.15) is 4.31 Å². The number of hydrogen-bond donors (Lipinski definition) is 1. The van der Waals surface area contributed by atoms with Crippen LogP contribution in [0.5, 0.6) is 0 Å². The van der Waals surface area contributed by atoms with Crippen molar-refractivity contribution in [1.29, 1.82) is 0 Å². The van der Waals surface area contributed by atoms with E-state index in [-0.39, 0.29) is 46.2 Å². The first-order valence-electron chi connectivity index (χ1n) is 9.61. The van der Waals surface area contributed by atoms with Gasteiger partial charge in [0.15, 0.2) is 5.13 Å². The molecule has 1 aliphatic rings. The van der Waals surface area contributed by atoms with Crippen LogP contribution in [0.3, 0.4) is 0 Å². The molecule has 1 aromatic heterocycles. The van der Waals surface area contributed by atoms with Crippen LogP contribution in [0.4, 0.5) is 13.9 Å². The molecule has 0 atom stereocenters. The average molecular weight is 464 g/mol. The van der Waals surface area contributed by atoms with E-state index in [0.29, 0.717) is 12.8 Å². The van der Waals surface area contributed by atoms with E-state index in [1.165, 1.54) is 4.31 Å². The summed E-state index contributed by atoms with van der Waals surface area (Å²) in [5, 5.41) is 4.53. The molecule has 10 heteroatoms. The van der Waals surface area contributed by atoms with Crippen molar-refractivity contribution in [3.05, 3.63) is 65.5 Å². The van der Waals surface area contributed by atoms with E-state index in [1.54, 1.807) is 35.7 Å². The third-order valence-corrected chi connectivity index (χ3v) is 7.81. The van der Waals surface area contributed by atoms with Gasteiger partial charge in [-0.15, -0.1) is 11.3 Å². The molecule has 6 nitrogen and oxygen atoms in total. The molecule has 0 unspecified atom stereocenters. The zero-order valence-electron chi connectivity index (χ0n) is 16.3. The highest BCUT2D eigenvalue weighted by Crippen LogP contribution is 2.29. The molecule has 2 heterocycles. The van der Waals surface area contributed by atoms with Crippen molar-refractivity contribution in [2.45, 2.75) is 17.7 Å². The smallest absolute Gasteiger partial charge is 0.243 e. The molecule has 0 bridgehead atoms. The molecule has 1 N–H and O–H groups in total. The van der Waals surface area contributed by atoms with Crippen molar-refractivity contribution in [2.24, 2.45) is 5.92 Å². The zero-order valence-corrected chi connectivity index (χ0v) is 17.9. The molecule has 2 aromatic carbocycles. The standard InChI is InChI=1S/C21H19F2N3O3S2/c22-15-6-7-18(23)17(12-15)19-13-30-21(24-19)25-20(27)14-8-10-26(11-9-14)31(28,29)16-4-2-1-3-5-16/h1-7,12-14H,8-11H2,(H,24,25,27). The lowest BCUT2D eigenvalue weighted by atomic mass is 9.97. The lowest BCUT2D eigenvalue weighted by Crippen LogP contribution is -2.41. The summed E-state index contributed by atoms with van der Waals surface area (Å²) in [6.07, 6.45) is 0.767. The van der Waals surface area contributed by atoms with Crippen LogP contribution in [0.15, 0.2) is 58.8 Å². The summed E-state index contributed by atoms with van der Waals surface area (Å²) >= 11 is 1.11. The van der Waals surface area contributed by atoms with Gasteiger partial charge >= 0.3 is 0 Å². The quantitative estimate of drug-likeness (QED) is 0.617. The number of carbonyl (C=O) groups excluding carboxylic acids is 1. The number of rotatable bonds is 5. The number of thiazole rings is 1. The summed E-state index contributed by atoms with van der Waals surface area (Å²) in [4.78, 5) is 17.0. The third-order valence-electron chi connectivity index (χ3n) is 5.14. The number of sulfonamides is 1. The minimum atomic E-state index is -3.58. The average Bonchev–Trinajstić information content (AvgIpc) is 3.24. The largest absolute Gasteiger partial charge is 0.302 e. The number of amides is 1. The summed E-state index contributed by atoms with van der Waals surface area (Å²) in [6.45, 7) is 0.486.